The fraction of sp³-hybridized carbons (Fsp3) is 0.636. The molecule has 1 saturated heterocycles. The van der Waals surface area contributed by atoms with Crippen LogP contribution in [0.3, 0.4) is 0 Å². The Morgan fingerprint density at radius 2 is 2.25 bits per heavy atom. The van der Waals surface area contributed by atoms with Gasteiger partial charge in [-0.1, -0.05) is 0 Å². The number of aromatic nitrogens is 2. The summed E-state index contributed by atoms with van der Waals surface area (Å²) in [7, 11) is -3.71. The lowest BCUT2D eigenvalue weighted by atomic mass is 10.1. The lowest BCUT2D eigenvalue weighted by molar-refractivity contribution is -0.137. The van der Waals surface area contributed by atoms with Gasteiger partial charge >= 0.3 is 5.97 Å². The van der Waals surface area contributed by atoms with Crippen molar-refractivity contribution in [2.24, 2.45) is 0 Å². The third-order valence-corrected chi connectivity index (χ3v) is 5.13. The molecule has 1 aliphatic heterocycles. The van der Waals surface area contributed by atoms with E-state index in [0.29, 0.717) is 13.2 Å². The molecule has 9 heteroatoms. The van der Waals surface area contributed by atoms with Crippen molar-refractivity contribution >= 4 is 16.0 Å². The number of rotatable bonds is 4. The summed E-state index contributed by atoms with van der Waals surface area (Å²) in [6, 6.07) is 0. The van der Waals surface area contributed by atoms with Crippen LogP contribution in [0.2, 0.25) is 0 Å². The summed E-state index contributed by atoms with van der Waals surface area (Å²) in [5.74, 6) is -1.08. The average molecular weight is 303 g/mol. The maximum atomic E-state index is 12.6. The number of carboxylic acids is 1. The molecule has 0 unspecified atom stereocenters. The number of ether oxygens (including phenoxy) is 1. The van der Waals surface area contributed by atoms with Crippen LogP contribution in [0.1, 0.15) is 13.8 Å². The normalized spacial score (nSPS) is 19.9. The molecule has 0 atom stereocenters. The van der Waals surface area contributed by atoms with E-state index in [1.807, 2.05) is 0 Å². The molecular weight excluding hydrogens is 286 g/mol. The molecule has 0 aromatic carbocycles. The van der Waals surface area contributed by atoms with E-state index in [9.17, 15) is 13.2 Å². The van der Waals surface area contributed by atoms with Crippen molar-refractivity contribution in [3.8, 4) is 0 Å². The van der Waals surface area contributed by atoms with Gasteiger partial charge in [-0.25, -0.2) is 8.42 Å². The topological polar surface area (TPSA) is 102 Å². The van der Waals surface area contributed by atoms with Gasteiger partial charge in [0.25, 0.3) is 0 Å². The molecule has 1 aromatic rings. The van der Waals surface area contributed by atoms with Gasteiger partial charge in [-0.3, -0.25) is 9.48 Å². The summed E-state index contributed by atoms with van der Waals surface area (Å²) in [6.45, 7) is 4.11. The van der Waals surface area contributed by atoms with Crippen LogP contribution in [0.4, 0.5) is 0 Å². The summed E-state index contributed by atoms with van der Waals surface area (Å²) in [6.07, 6.45) is 2.40. The number of sulfonamides is 1. The highest BCUT2D eigenvalue weighted by molar-refractivity contribution is 7.89. The third-order valence-electron chi connectivity index (χ3n) is 3.06. The molecule has 2 rings (SSSR count). The molecule has 0 bridgehead atoms. The van der Waals surface area contributed by atoms with Crippen molar-refractivity contribution in [2.75, 3.05) is 19.8 Å². The second-order valence-corrected chi connectivity index (χ2v) is 7.07. The quantitative estimate of drug-likeness (QED) is 0.824. The van der Waals surface area contributed by atoms with E-state index < -0.39 is 21.5 Å². The van der Waals surface area contributed by atoms with E-state index in [1.165, 1.54) is 16.7 Å². The molecule has 0 spiro atoms. The van der Waals surface area contributed by atoms with Gasteiger partial charge in [-0.05, 0) is 13.8 Å². The smallest absolute Gasteiger partial charge is 0.325 e. The Morgan fingerprint density at radius 3 is 2.85 bits per heavy atom. The van der Waals surface area contributed by atoms with Gasteiger partial charge in [0.15, 0.2) is 0 Å². The van der Waals surface area contributed by atoms with Crippen molar-refractivity contribution in [1.82, 2.24) is 14.1 Å². The maximum Gasteiger partial charge on any atom is 0.325 e. The van der Waals surface area contributed by atoms with Gasteiger partial charge in [-0.15, -0.1) is 0 Å². The average Bonchev–Trinajstić information content (AvgIpc) is 2.76. The summed E-state index contributed by atoms with van der Waals surface area (Å²) in [4.78, 5) is 10.6. The Hall–Kier alpha value is -1.45. The van der Waals surface area contributed by atoms with Gasteiger partial charge in [0, 0.05) is 12.7 Å². The fourth-order valence-electron chi connectivity index (χ4n) is 2.12. The summed E-state index contributed by atoms with van der Waals surface area (Å²) in [5.41, 5.74) is -0.647. The van der Waals surface area contributed by atoms with Crippen molar-refractivity contribution in [3.63, 3.8) is 0 Å². The maximum absolute atomic E-state index is 12.6. The van der Waals surface area contributed by atoms with Crippen molar-refractivity contribution in [3.05, 3.63) is 12.4 Å². The molecule has 2 heterocycles. The zero-order chi connectivity index (χ0) is 15.0. The SMILES string of the molecule is CC1(C)COCCN1S(=O)(=O)c1cnn(CC(=O)O)c1. The Kier molecular flexibility index (Phi) is 3.85. The number of hydrogen-bond donors (Lipinski definition) is 1. The number of nitrogens with zero attached hydrogens (tertiary/aromatic N) is 3. The highest BCUT2D eigenvalue weighted by Crippen LogP contribution is 2.27. The van der Waals surface area contributed by atoms with Crippen LogP contribution in [-0.2, 0) is 26.1 Å². The van der Waals surface area contributed by atoms with Crippen LogP contribution < -0.4 is 0 Å². The molecule has 1 N–H and O–H groups in total. The molecule has 112 valence electrons. The molecule has 8 nitrogen and oxygen atoms in total. The predicted octanol–water partition coefficient (Wildman–Crippen LogP) is -0.233. The van der Waals surface area contributed by atoms with E-state index in [1.54, 1.807) is 13.8 Å². The predicted molar refractivity (Wildman–Crippen MR) is 68.7 cm³/mol. The van der Waals surface area contributed by atoms with Gasteiger partial charge in [0.05, 0.1) is 24.9 Å². The monoisotopic (exact) mass is 303 g/mol. The lowest BCUT2D eigenvalue weighted by Crippen LogP contribution is -2.55. The molecule has 0 radical (unpaired) electrons. The second-order valence-electron chi connectivity index (χ2n) is 5.21. The lowest BCUT2D eigenvalue weighted by Gasteiger charge is -2.40. The minimum absolute atomic E-state index is 0.00581. The largest absolute Gasteiger partial charge is 0.480 e. The number of aliphatic carboxylic acids is 1. The van der Waals surface area contributed by atoms with Crippen LogP contribution in [0, 0.1) is 0 Å². The zero-order valence-corrected chi connectivity index (χ0v) is 12.1. The van der Waals surface area contributed by atoms with E-state index >= 15 is 0 Å². The van der Waals surface area contributed by atoms with Crippen molar-refractivity contribution < 1.29 is 23.1 Å². The summed E-state index contributed by atoms with van der Waals surface area (Å²) < 4.78 is 32.9. The molecule has 0 saturated carbocycles. The van der Waals surface area contributed by atoms with Gasteiger partial charge < -0.3 is 9.84 Å². The molecular formula is C11H17N3O5S. The molecule has 0 amide bonds. The first kappa shape index (κ1) is 14.9. The van der Waals surface area contributed by atoms with Gasteiger partial charge in [-0.2, -0.15) is 9.40 Å². The highest BCUT2D eigenvalue weighted by Gasteiger charge is 2.40. The second kappa shape index (κ2) is 5.15. The molecule has 1 fully saturated rings. The molecule has 20 heavy (non-hydrogen) atoms. The van der Waals surface area contributed by atoms with Crippen LogP contribution in [0.15, 0.2) is 17.3 Å². The zero-order valence-electron chi connectivity index (χ0n) is 11.3. The Morgan fingerprint density at radius 1 is 1.55 bits per heavy atom. The molecule has 1 aromatic heterocycles. The molecule has 0 aliphatic carbocycles. The van der Waals surface area contributed by atoms with Gasteiger partial charge in [0.1, 0.15) is 11.4 Å². The van der Waals surface area contributed by atoms with Gasteiger partial charge in [0.2, 0.25) is 10.0 Å². The first-order chi connectivity index (χ1) is 9.23. The minimum atomic E-state index is -3.71. The summed E-state index contributed by atoms with van der Waals surface area (Å²) >= 11 is 0. The first-order valence-corrected chi connectivity index (χ1v) is 7.52. The molecule has 1 aliphatic rings. The van der Waals surface area contributed by atoms with Crippen molar-refractivity contribution in [2.45, 2.75) is 30.8 Å². The Balaban J connectivity index is 2.30. The summed E-state index contributed by atoms with van der Waals surface area (Å²) in [5, 5.41) is 12.4. The van der Waals surface area contributed by atoms with Crippen LogP contribution in [0.25, 0.3) is 0 Å². The minimum Gasteiger partial charge on any atom is -0.480 e. The first-order valence-electron chi connectivity index (χ1n) is 6.08. The Labute approximate surface area is 117 Å². The van der Waals surface area contributed by atoms with E-state index in [-0.39, 0.29) is 18.0 Å². The number of carboxylic acid groups (broad SMARTS) is 1. The fourth-order valence-corrected chi connectivity index (χ4v) is 3.83. The van der Waals surface area contributed by atoms with Crippen LogP contribution in [-0.4, -0.2) is 58.9 Å². The standard InChI is InChI=1S/C11H17N3O5S/c1-11(2)8-19-4-3-14(11)20(17,18)9-5-12-13(6-9)7-10(15)16/h5-6H,3-4,7-8H2,1-2H3,(H,15,16). The van der Waals surface area contributed by atoms with E-state index in [4.69, 9.17) is 9.84 Å². The van der Waals surface area contributed by atoms with Crippen molar-refractivity contribution in [1.29, 1.82) is 0 Å². The highest BCUT2D eigenvalue weighted by atomic mass is 32.2. The Bertz CT molecular complexity index is 607. The van der Waals surface area contributed by atoms with Crippen LogP contribution in [0.5, 0.6) is 0 Å². The number of morpholine rings is 1. The third kappa shape index (κ3) is 2.84. The van der Waals surface area contributed by atoms with Crippen LogP contribution >= 0.6 is 0 Å². The van der Waals surface area contributed by atoms with E-state index in [0.717, 1.165) is 4.68 Å². The van der Waals surface area contributed by atoms with E-state index in [2.05, 4.69) is 5.10 Å². The number of carbonyl (C=O) groups is 1. The number of hydrogen-bond acceptors (Lipinski definition) is 5.